The summed E-state index contributed by atoms with van der Waals surface area (Å²) in [6.45, 7) is 2.05. The third-order valence-electron chi connectivity index (χ3n) is 4.34. The molecule has 2 saturated heterocycles. The fourth-order valence-electron chi connectivity index (χ4n) is 2.98. The molecule has 2 amide bonds. The fourth-order valence-corrected chi connectivity index (χ4v) is 5.33. The summed E-state index contributed by atoms with van der Waals surface area (Å²) in [5.74, 6) is 1.14. The van der Waals surface area contributed by atoms with Crippen molar-refractivity contribution in [2.45, 2.75) is 49.4 Å². The Hall–Kier alpha value is -1.15. The number of hydrogen-bond acceptors (Lipinski definition) is 6. The quantitative estimate of drug-likeness (QED) is 0.918. The number of thioether (sulfide) groups is 1. The van der Waals surface area contributed by atoms with Crippen molar-refractivity contribution >= 4 is 40.0 Å². The number of rotatable bonds is 3. The minimum absolute atomic E-state index is 0.0820. The number of amides is 2. The maximum Gasteiger partial charge on any atom is 0.249 e. The summed E-state index contributed by atoms with van der Waals surface area (Å²) >= 11 is 3.15. The monoisotopic (exact) mass is 324 g/mol. The summed E-state index contributed by atoms with van der Waals surface area (Å²) < 4.78 is 0. The molecule has 1 aromatic rings. The SMILES string of the molecule is C[C@]12CCC(=O)N1[C@@H](C(=O)Nc1nnc(C3CC3)s1)CS2. The zero-order valence-electron chi connectivity index (χ0n) is 11.7. The van der Waals surface area contributed by atoms with Crippen molar-refractivity contribution in [3.05, 3.63) is 5.01 Å². The minimum Gasteiger partial charge on any atom is -0.315 e. The van der Waals surface area contributed by atoms with E-state index in [4.69, 9.17) is 0 Å². The highest BCUT2D eigenvalue weighted by atomic mass is 32.2. The van der Waals surface area contributed by atoms with Gasteiger partial charge in [-0.2, -0.15) is 0 Å². The molecule has 0 radical (unpaired) electrons. The third kappa shape index (κ3) is 2.24. The number of hydrogen-bond donors (Lipinski definition) is 1. The number of nitrogens with one attached hydrogen (secondary N) is 1. The molecule has 112 valence electrons. The summed E-state index contributed by atoms with van der Waals surface area (Å²) in [6.07, 6.45) is 3.70. The lowest BCUT2D eigenvalue weighted by Crippen LogP contribution is -2.48. The number of anilines is 1. The summed E-state index contributed by atoms with van der Waals surface area (Å²) in [4.78, 5) is 26.0. The lowest BCUT2D eigenvalue weighted by molar-refractivity contribution is -0.135. The van der Waals surface area contributed by atoms with Crippen LogP contribution in [0.25, 0.3) is 0 Å². The van der Waals surface area contributed by atoms with E-state index >= 15 is 0 Å². The molecule has 1 N–H and O–H groups in total. The van der Waals surface area contributed by atoms with E-state index in [1.165, 1.54) is 24.2 Å². The first-order valence-electron chi connectivity index (χ1n) is 7.17. The maximum absolute atomic E-state index is 12.5. The first-order valence-corrected chi connectivity index (χ1v) is 8.97. The summed E-state index contributed by atoms with van der Waals surface area (Å²) in [6, 6.07) is -0.386. The second kappa shape index (κ2) is 4.67. The Morgan fingerprint density at radius 2 is 2.24 bits per heavy atom. The Balaban J connectivity index is 1.48. The van der Waals surface area contributed by atoms with E-state index in [1.807, 2.05) is 6.92 Å². The molecule has 0 aromatic carbocycles. The van der Waals surface area contributed by atoms with E-state index in [2.05, 4.69) is 15.5 Å². The Morgan fingerprint density at radius 1 is 1.43 bits per heavy atom. The van der Waals surface area contributed by atoms with Crippen LogP contribution in [-0.4, -0.2) is 43.6 Å². The highest BCUT2D eigenvalue weighted by Crippen LogP contribution is 2.47. The zero-order valence-corrected chi connectivity index (χ0v) is 13.3. The van der Waals surface area contributed by atoms with Crippen LogP contribution in [0.3, 0.4) is 0 Å². The topological polar surface area (TPSA) is 75.2 Å². The molecule has 6 nitrogen and oxygen atoms in total. The summed E-state index contributed by atoms with van der Waals surface area (Å²) in [7, 11) is 0. The van der Waals surface area contributed by atoms with E-state index in [0.717, 1.165) is 11.4 Å². The molecule has 21 heavy (non-hydrogen) atoms. The van der Waals surface area contributed by atoms with Crippen LogP contribution in [0.5, 0.6) is 0 Å². The van der Waals surface area contributed by atoms with Gasteiger partial charge in [-0.1, -0.05) is 11.3 Å². The van der Waals surface area contributed by atoms with Crippen molar-refractivity contribution in [3.63, 3.8) is 0 Å². The third-order valence-corrected chi connectivity index (χ3v) is 6.85. The number of carbonyl (C=O) groups is 2. The number of aromatic nitrogens is 2. The number of carbonyl (C=O) groups excluding carboxylic acids is 2. The zero-order chi connectivity index (χ0) is 14.6. The van der Waals surface area contributed by atoms with Gasteiger partial charge in [-0.3, -0.25) is 14.9 Å². The van der Waals surface area contributed by atoms with Crippen LogP contribution in [0.1, 0.15) is 43.5 Å². The first-order chi connectivity index (χ1) is 10.1. The Morgan fingerprint density at radius 3 is 3.00 bits per heavy atom. The molecule has 0 spiro atoms. The smallest absolute Gasteiger partial charge is 0.249 e. The second-order valence-corrected chi connectivity index (χ2v) is 8.49. The molecule has 1 saturated carbocycles. The van der Waals surface area contributed by atoms with Crippen LogP contribution < -0.4 is 5.32 Å². The lowest BCUT2D eigenvalue weighted by atomic mass is 10.2. The average molecular weight is 324 g/mol. The minimum atomic E-state index is -0.386. The molecule has 0 bridgehead atoms. The van der Waals surface area contributed by atoms with Crippen LogP contribution in [0.15, 0.2) is 0 Å². The normalized spacial score (nSPS) is 31.6. The lowest BCUT2D eigenvalue weighted by Gasteiger charge is -2.29. The Kier molecular flexibility index (Phi) is 3.01. The van der Waals surface area contributed by atoms with Gasteiger partial charge in [0.05, 0.1) is 4.87 Å². The van der Waals surface area contributed by atoms with Gasteiger partial charge in [-0.05, 0) is 26.2 Å². The van der Waals surface area contributed by atoms with E-state index in [9.17, 15) is 9.59 Å². The van der Waals surface area contributed by atoms with Gasteiger partial charge in [0.2, 0.25) is 16.9 Å². The molecule has 0 unspecified atom stereocenters. The first kappa shape index (κ1) is 13.5. The van der Waals surface area contributed by atoms with Crippen molar-refractivity contribution in [2.24, 2.45) is 0 Å². The van der Waals surface area contributed by atoms with E-state index in [-0.39, 0.29) is 22.7 Å². The maximum atomic E-state index is 12.5. The van der Waals surface area contributed by atoms with Crippen molar-refractivity contribution in [1.29, 1.82) is 0 Å². The summed E-state index contributed by atoms with van der Waals surface area (Å²) in [5, 5.41) is 12.5. The van der Waals surface area contributed by atoms with Gasteiger partial charge in [0, 0.05) is 18.1 Å². The van der Waals surface area contributed by atoms with Crippen LogP contribution in [0.2, 0.25) is 0 Å². The predicted molar refractivity (Wildman–Crippen MR) is 81.2 cm³/mol. The van der Waals surface area contributed by atoms with Crippen molar-refractivity contribution in [3.8, 4) is 0 Å². The second-order valence-electron chi connectivity index (χ2n) is 5.97. The standard InChI is InChI=1S/C13H16N4O2S2/c1-13-5-4-9(18)17(13)8(6-20-13)10(19)14-12-16-15-11(21-12)7-2-3-7/h7-8H,2-6H2,1H3,(H,14,16,19)/t8-,13+/m1/s1. The summed E-state index contributed by atoms with van der Waals surface area (Å²) in [5.41, 5.74) is 0. The van der Waals surface area contributed by atoms with Crippen molar-refractivity contribution in [2.75, 3.05) is 11.1 Å². The van der Waals surface area contributed by atoms with E-state index in [0.29, 0.717) is 23.2 Å². The van der Waals surface area contributed by atoms with Gasteiger partial charge < -0.3 is 4.90 Å². The fraction of sp³-hybridized carbons (Fsp3) is 0.692. The molecule has 1 aliphatic carbocycles. The van der Waals surface area contributed by atoms with Gasteiger partial charge in [-0.15, -0.1) is 22.0 Å². The molecular weight excluding hydrogens is 308 g/mol. The van der Waals surface area contributed by atoms with Gasteiger partial charge in [0.25, 0.3) is 0 Å². The average Bonchev–Trinajstić information content (AvgIpc) is 2.99. The van der Waals surface area contributed by atoms with Crippen LogP contribution in [0.4, 0.5) is 5.13 Å². The number of fused-ring (bicyclic) bond motifs is 1. The molecule has 2 atom stereocenters. The molecule has 8 heteroatoms. The van der Waals surface area contributed by atoms with Gasteiger partial charge in [0.15, 0.2) is 0 Å². The Labute approximate surface area is 130 Å². The molecular formula is C13H16N4O2S2. The van der Waals surface area contributed by atoms with Crippen molar-refractivity contribution in [1.82, 2.24) is 15.1 Å². The van der Waals surface area contributed by atoms with Crippen molar-refractivity contribution < 1.29 is 9.59 Å². The molecule has 4 rings (SSSR count). The predicted octanol–water partition coefficient (Wildman–Crippen LogP) is 1.81. The van der Waals surface area contributed by atoms with Crippen LogP contribution >= 0.6 is 23.1 Å². The van der Waals surface area contributed by atoms with Crippen LogP contribution in [-0.2, 0) is 9.59 Å². The molecule has 3 heterocycles. The van der Waals surface area contributed by atoms with Gasteiger partial charge in [-0.25, -0.2) is 0 Å². The largest absolute Gasteiger partial charge is 0.315 e. The Bertz CT molecular complexity index is 615. The van der Waals surface area contributed by atoms with Gasteiger partial charge in [0.1, 0.15) is 11.0 Å². The molecule has 1 aromatic heterocycles. The molecule has 3 aliphatic rings. The van der Waals surface area contributed by atoms with E-state index < -0.39 is 0 Å². The molecule has 2 aliphatic heterocycles. The van der Waals surface area contributed by atoms with E-state index in [1.54, 1.807) is 16.7 Å². The highest BCUT2D eigenvalue weighted by Gasteiger charge is 2.53. The van der Waals surface area contributed by atoms with Crippen LogP contribution in [0, 0.1) is 0 Å². The van der Waals surface area contributed by atoms with Gasteiger partial charge >= 0.3 is 0 Å². The number of nitrogens with zero attached hydrogens (tertiary/aromatic N) is 3. The molecule has 3 fully saturated rings. The highest BCUT2D eigenvalue weighted by molar-refractivity contribution is 8.01.